The van der Waals surface area contributed by atoms with E-state index in [2.05, 4.69) is 5.32 Å². The van der Waals surface area contributed by atoms with Crippen LogP contribution in [0.3, 0.4) is 0 Å². The average Bonchev–Trinajstić information content (AvgIpc) is 1.96. The zero-order chi connectivity index (χ0) is 9.61. The highest BCUT2D eigenvalue weighted by Gasteiger charge is 2.08. The third-order valence-corrected chi connectivity index (χ3v) is 1.28. The van der Waals surface area contributed by atoms with Gasteiger partial charge in [0, 0.05) is 13.0 Å². The van der Waals surface area contributed by atoms with E-state index < -0.39 is 0 Å². The molecule has 0 fully saturated rings. The lowest BCUT2D eigenvalue weighted by Crippen LogP contribution is -2.30. The van der Waals surface area contributed by atoms with Gasteiger partial charge in [-0.25, -0.2) is 0 Å². The summed E-state index contributed by atoms with van der Waals surface area (Å²) >= 11 is 0. The number of carbonyl (C=O) groups is 1. The van der Waals surface area contributed by atoms with E-state index in [4.69, 9.17) is 4.74 Å². The number of ether oxygens (including phenoxy) is 1. The normalized spacial score (nSPS) is 11.3. The van der Waals surface area contributed by atoms with Crippen LogP contribution in [0.2, 0.25) is 0 Å². The van der Waals surface area contributed by atoms with E-state index in [0.29, 0.717) is 19.6 Å². The second kappa shape index (κ2) is 5.14. The molecule has 0 aromatic rings. The molecule has 0 heterocycles. The minimum atomic E-state index is -0.114. The number of rotatable bonds is 4. The molecule has 0 aromatic heterocycles. The van der Waals surface area contributed by atoms with Crippen LogP contribution in [0.5, 0.6) is 0 Å². The largest absolute Gasteiger partial charge is 0.374 e. The predicted octanol–water partition coefficient (Wildman–Crippen LogP) is 1.33. The van der Waals surface area contributed by atoms with Crippen LogP contribution in [-0.4, -0.2) is 24.7 Å². The molecule has 0 aliphatic carbocycles. The molecule has 0 saturated heterocycles. The highest BCUT2D eigenvalue weighted by Crippen LogP contribution is 2.04. The lowest BCUT2D eigenvalue weighted by Gasteiger charge is -2.19. The summed E-state index contributed by atoms with van der Waals surface area (Å²) in [6.45, 7) is 9.00. The topological polar surface area (TPSA) is 38.3 Å². The zero-order valence-electron chi connectivity index (χ0n) is 8.44. The zero-order valence-corrected chi connectivity index (χ0v) is 8.44. The van der Waals surface area contributed by atoms with E-state index in [1.807, 2.05) is 27.7 Å². The van der Waals surface area contributed by atoms with Crippen molar-refractivity contribution in [3.8, 4) is 0 Å². The Morgan fingerprint density at radius 3 is 2.42 bits per heavy atom. The van der Waals surface area contributed by atoms with Gasteiger partial charge in [-0.05, 0) is 20.8 Å². The molecule has 3 nitrogen and oxygen atoms in total. The van der Waals surface area contributed by atoms with Crippen LogP contribution >= 0.6 is 0 Å². The summed E-state index contributed by atoms with van der Waals surface area (Å²) in [4.78, 5) is 10.8. The minimum absolute atomic E-state index is 0.0764. The summed E-state index contributed by atoms with van der Waals surface area (Å²) in [5.74, 6) is 0.0764. The van der Waals surface area contributed by atoms with Crippen molar-refractivity contribution >= 4 is 5.91 Å². The molecule has 0 aliphatic rings. The van der Waals surface area contributed by atoms with Crippen LogP contribution in [0.15, 0.2) is 0 Å². The third kappa shape index (κ3) is 7.54. The number of nitrogens with one attached hydrogen (secondary N) is 1. The molecule has 0 saturated carbocycles. The van der Waals surface area contributed by atoms with Gasteiger partial charge in [0.05, 0.1) is 12.2 Å². The van der Waals surface area contributed by atoms with Crippen LogP contribution in [0.4, 0.5) is 0 Å². The minimum Gasteiger partial charge on any atom is -0.374 e. The first-order valence-electron chi connectivity index (χ1n) is 4.36. The molecule has 0 aromatic carbocycles. The van der Waals surface area contributed by atoms with Gasteiger partial charge in [0.15, 0.2) is 0 Å². The van der Waals surface area contributed by atoms with Gasteiger partial charge in [-0.15, -0.1) is 0 Å². The maximum atomic E-state index is 10.8. The molecular formula is C9H19NO2. The maximum Gasteiger partial charge on any atom is 0.219 e. The molecule has 12 heavy (non-hydrogen) atoms. The molecular weight excluding hydrogens is 154 g/mol. The van der Waals surface area contributed by atoms with Gasteiger partial charge in [-0.1, -0.05) is 6.92 Å². The smallest absolute Gasteiger partial charge is 0.219 e. The molecule has 1 N–H and O–H groups in total. The Bertz CT molecular complexity index is 138. The number of hydrogen-bond donors (Lipinski definition) is 1. The molecule has 0 bridgehead atoms. The fourth-order valence-corrected chi connectivity index (χ4v) is 0.673. The van der Waals surface area contributed by atoms with E-state index >= 15 is 0 Å². The number of amides is 1. The summed E-state index contributed by atoms with van der Waals surface area (Å²) in [5, 5.41) is 2.74. The Morgan fingerprint density at radius 2 is 2.00 bits per heavy atom. The summed E-state index contributed by atoms with van der Waals surface area (Å²) in [6, 6.07) is 0. The van der Waals surface area contributed by atoms with Crippen molar-refractivity contribution in [2.45, 2.75) is 39.7 Å². The van der Waals surface area contributed by atoms with Gasteiger partial charge in [0.1, 0.15) is 0 Å². The molecule has 3 heteroatoms. The standard InChI is InChI=1S/C9H19NO2/c1-5-8(11)10-6-7-12-9(2,3)4/h5-7H2,1-4H3,(H,10,11). The summed E-state index contributed by atoms with van der Waals surface area (Å²) in [5.41, 5.74) is -0.114. The summed E-state index contributed by atoms with van der Waals surface area (Å²) < 4.78 is 5.41. The van der Waals surface area contributed by atoms with Crippen molar-refractivity contribution < 1.29 is 9.53 Å². The van der Waals surface area contributed by atoms with Gasteiger partial charge < -0.3 is 10.1 Å². The van der Waals surface area contributed by atoms with Gasteiger partial charge >= 0.3 is 0 Å². The van der Waals surface area contributed by atoms with Gasteiger partial charge in [-0.2, -0.15) is 0 Å². The Morgan fingerprint density at radius 1 is 1.42 bits per heavy atom. The molecule has 0 unspecified atom stereocenters. The number of hydrogen-bond acceptors (Lipinski definition) is 2. The molecule has 0 rings (SSSR count). The summed E-state index contributed by atoms with van der Waals surface area (Å²) in [6.07, 6.45) is 0.537. The molecule has 0 atom stereocenters. The van der Waals surface area contributed by atoms with E-state index in [9.17, 15) is 4.79 Å². The van der Waals surface area contributed by atoms with E-state index in [-0.39, 0.29) is 11.5 Å². The van der Waals surface area contributed by atoms with Crippen LogP contribution in [0.1, 0.15) is 34.1 Å². The van der Waals surface area contributed by atoms with Crippen LogP contribution in [0.25, 0.3) is 0 Å². The second-order valence-electron chi connectivity index (χ2n) is 3.66. The van der Waals surface area contributed by atoms with Crippen molar-refractivity contribution in [3.63, 3.8) is 0 Å². The fraction of sp³-hybridized carbons (Fsp3) is 0.889. The average molecular weight is 173 g/mol. The third-order valence-electron chi connectivity index (χ3n) is 1.28. The first kappa shape index (κ1) is 11.4. The highest BCUT2D eigenvalue weighted by molar-refractivity contribution is 5.75. The molecule has 0 radical (unpaired) electrons. The lowest BCUT2D eigenvalue weighted by molar-refractivity contribution is -0.121. The Kier molecular flexibility index (Phi) is 4.90. The van der Waals surface area contributed by atoms with Crippen LogP contribution in [-0.2, 0) is 9.53 Å². The van der Waals surface area contributed by atoms with E-state index in [1.165, 1.54) is 0 Å². The van der Waals surface area contributed by atoms with E-state index in [0.717, 1.165) is 0 Å². The molecule has 0 aliphatic heterocycles. The Balaban J connectivity index is 3.28. The molecule has 0 spiro atoms. The fourth-order valence-electron chi connectivity index (χ4n) is 0.673. The van der Waals surface area contributed by atoms with Gasteiger partial charge in [0.2, 0.25) is 5.91 Å². The van der Waals surface area contributed by atoms with E-state index in [1.54, 1.807) is 0 Å². The Hall–Kier alpha value is -0.570. The maximum absolute atomic E-state index is 10.8. The highest BCUT2D eigenvalue weighted by atomic mass is 16.5. The first-order chi connectivity index (χ1) is 5.45. The monoisotopic (exact) mass is 173 g/mol. The van der Waals surface area contributed by atoms with Crippen molar-refractivity contribution in [1.82, 2.24) is 5.32 Å². The van der Waals surface area contributed by atoms with Crippen LogP contribution in [0, 0.1) is 0 Å². The second-order valence-corrected chi connectivity index (χ2v) is 3.66. The van der Waals surface area contributed by atoms with Crippen molar-refractivity contribution in [1.29, 1.82) is 0 Å². The molecule has 1 amide bonds. The quantitative estimate of drug-likeness (QED) is 0.651. The number of carbonyl (C=O) groups excluding carboxylic acids is 1. The Labute approximate surface area is 74.5 Å². The van der Waals surface area contributed by atoms with Crippen molar-refractivity contribution in [3.05, 3.63) is 0 Å². The van der Waals surface area contributed by atoms with Crippen molar-refractivity contribution in [2.24, 2.45) is 0 Å². The van der Waals surface area contributed by atoms with Gasteiger partial charge in [-0.3, -0.25) is 4.79 Å². The van der Waals surface area contributed by atoms with Crippen LogP contribution < -0.4 is 5.32 Å². The molecule has 72 valence electrons. The first-order valence-corrected chi connectivity index (χ1v) is 4.36. The predicted molar refractivity (Wildman–Crippen MR) is 49.0 cm³/mol. The van der Waals surface area contributed by atoms with Crippen molar-refractivity contribution in [2.75, 3.05) is 13.2 Å². The SMILES string of the molecule is CCC(=O)NCCOC(C)(C)C. The van der Waals surface area contributed by atoms with Gasteiger partial charge in [0.25, 0.3) is 0 Å². The lowest BCUT2D eigenvalue weighted by atomic mass is 10.2. The summed E-state index contributed by atoms with van der Waals surface area (Å²) in [7, 11) is 0.